The number of amides is 4. The lowest BCUT2D eigenvalue weighted by Gasteiger charge is -2.37. The van der Waals surface area contributed by atoms with Gasteiger partial charge in [0.15, 0.2) is 0 Å². The summed E-state index contributed by atoms with van der Waals surface area (Å²) in [5.41, 5.74) is 1.22. The van der Waals surface area contributed by atoms with Crippen LogP contribution < -0.4 is 5.32 Å². The molecule has 8 heteroatoms. The van der Waals surface area contributed by atoms with E-state index in [0.717, 1.165) is 28.8 Å². The number of nitrogens with zero attached hydrogens (tertiary/aromatic N) is 2. The Bertz CT molecular complexity index is 1060. The van der Waals surface area contributed by atoms with Crippen LogP contribution in [0, 0.1) is 25.5 Å². The number of imide groups is 1. The summed E-state index contributed by atoms with van der Waals surface area (Å²) >= 11 is 0. The molecule has 2 aromatic rings. The maximum Gasteiger partial charge on any atom is 0.325 e. The molecule has 0 unspecified atom stereocenters. The summed E-state index contributed by atoms with van der Waals surface area (Å²) in [6.07, 6.45) is 0.366. The minimum atomic E-state index is -1.10. The third-order valence-corrected chi connectivity index (χ3v) is 6.16. The Morgan fingerprint density at radius 2 is 1.71 bits per heavy atom. The van der Waals surface area contributed by atoms with Crippen molar-refractivity contribution in [3.63, 3.8) is 0 Å². The summed E-state index contributed by atoms with van der Waals surface area (Å²) in [5, 5.41) is 2.80. The van der Waals surface area contributed by atoms with Gasteiger partial charge in [0.2, 0.25) is 0 Å². The van der Waals surface area contributed by atoms with E-state index in [9.17, 15) is 23.2 Å². The van der Waals surface area contributed by atoms with Crippen molar-refractivity contribution in [2.45, 2.75) is 38.8 Å². The monoisotopic (exact) mass is 427 g/mol. The van der Waals surface area contributed by atoms with Crippen molar-refractivity contribution in [2.24, 2.45) is 0 Å². The first-order chi connectivity index (χ1) is 14.7. The molecule has 2 aliphatic heterocycles. The number of halogens is 2. The molecule has 4 rings (SSSR count). The molecule has 0 bridgehead atoms. The second-order valence-corrected chi connectivity index (χ2v) is 8.22. The molecule has 4 amide bonds. The normalized spacial score (nSPS) is 17.9. The van der Waals surface area contributed by atoms with Crippen LogP contribution in [0.1, 0.15) is 39.9 Å². The van der Waals surface area contributed by atoms with E-state index in [4.69, 9.17) is 0 Å². The van der Waals surface area contributed by atoms with Gasteiger partial charge in [-0.05, 0) is 49.9 Å². The minimum absolute atomic E-state index is 0.107. The van der Waals surface area contributed by atoms with E-state index in [1.54, 1.807) is 0 Å². The number of likely N-dealkylation sites (tertiary alicyclic amines) is 1. The van der Waals surface area contributed by atoms with Gasteiger partial charge in [0, 0.05) is 13.1 Å². The van der Waals surface area contributed by atoms with E-state index in [0.29, 0.717) is 0 Å². The van der Waals surface area contributed by atoms with Crippen molar-refractivity contribution >= 4 is 17.8 Å². The predicted molar refractivity (Wildman–Crippen MR) is 109 cm³/mol. The Morgan fingerprint density at radius 3 is 2.35 bits per heavy atom. The number of rotatable bonds is 3. The molecule has 2 aliphatic rings. The smallest absolute Gasteiger partial charge is 0.325 e. The van der Waals surface area contributed by atoms with Gasteiger partial charge in [-0.3, -0.25) is 14.5 Å². The molecule has 2 heterocycles. The van der Waals surface area contributed by atoms with Gasteiger partial charge < -0.3 is 10.2 Å². The molecule has 31 heavy (non-hydrogen) atoms. The van der Waals surface area contributed by atoms with Crippen LogP contribution >= 0.6 is 0 Å². The molecule has 1 spiro atoms. The Balaban J connectivity index is 1.48. The van der Waals surface area contributed by atoms with Crippen molar-refractivity contribution in [3.8, 4) is 0 Å². The van der Waals surface area contributed by atoms with Crippen LogP contribution in [0.2, 0.25) is 0 Å². The lowest BCUT2D eigenvalue weighted by molar-refractivity contribution is -0.133. The summed E-state index contributed by atoms with van der Waals surface area (Å²) in [5.74, 6) is -2.93. The quantitative estimate of drug-likeness (QED) is 0.765. The second kappa shape index (κ2) is 7.76. The zero-order valence-corrected chi connectivity index (χ0v) is 17.4. The zero-order valence-electron chi connectivity index (χ0n) is 17.4. The highest BCUT2D eigenvalue weighted by molar-refractivity contribution is 6.07. The molecule has 0 atom stereocenters. The molecular formula is C23H23F2N3O3. The van der Waals surface area contributed by atoms with Crippen LogP contribution in [0.4, 0.5) is 13.6 Å². The van der Waals surface area contributed by atoms with Crippen LogP contribution in [0.25, 0.3) is 0 Å². The fourth-order valence-corrected chi connectivity index (χ4v) is 4.25. The second-order valence-electron chi connectivity index (χ2n) is 8.22. The molecule has 0 radical (unpaired) electrons. The van der Waals surface area contributed by atoms with E-state index >= 15 is 0 Å². The number of carbonyl (C=O) groups is 3. The average Bonchev–Trinajstić information content (AvgIpc) is 2.95. The third-order valence-electron chi connectivity index (χ3n) is 6.16. The summed E-state index contributed by atoms with van der Waals surface area (Å²) < 4.78 is 28.0. The molecule has 0 saturated carbocycles. The Hall–Kier alpha value is -3.29. The number of urea groups is 1. The van der Waals surface area contributed by atoms with Gasteiger partial charge in [-0.15, -0.1) is 0 Å². The van der Waals surface area contributed by atoms with Crippen molar-refractivity contribution < 1.29 is 23.2 Å². The van der Waals surface area contributed by atoms with Crippen LogP contribution in [0.15, 0.2) is 36.4 Å². The zero-order chi connectivity index (χ0) is 22.3. The SMILES string of the molecule is Cc1ccc(C)c(CN2C(=O)NC3(CCN(C(=O)c4c(F)cccc4F)CC3)C2=O)c1. The van der Waals surface area contributed by atoms with Crippen LogP contribution in [-0.4, -0.2) is 46.3 Å². The number of hydrogen-bond acceptors (Lipinski definition) is 3. The van der Waals surface area contributed by atoms with Gasteiger partial charge in [-0.2, -0.15) is 0 Å². The molecule has 2 aromatic carbocycles. The Morgan fingerprint density at radius 1 is 1.06 bits per heavy atom. The highest BCUT2D eigenvalue weighted by Crippen LogP contribution is 2.32. The molecule has 2 fully saturated rings. The fourth-order valence-electron chi connectivity index (χ4n) is 4.25. The van der Waals surface area contributed by atoms with Crippen molar-refractivity contribution in [1.29, 1.82) is 0 Å². The number of carbonyl (C=O) groups excluding carboxylic acids is 3. The largest absolute Gasteiger partial charge is 0.338 e. The van der Waals surface area contributed by atoms with Gasteiger partial charge in [0.1, 0.15) is 22.7 Å². The first-order valence-corrected chi connectivity index (χ1v) is 10.2. The highest BCUT2D eigenvalue weighted by Gasteiger charge is 2.52. The lowest BCUT2D eigenvalue weighted by Crippen LogP contribution is -2.56. The number of hydrogen-bond donors (Lipinski definition) is 1. The highest BCUT2D eigenvalue weighted by atomic mass is 19.1. The topological polar surface area (TPSA) is 69.7 Å². The average molecular weight is 427 g/mol. The molecule has 6 nitrogen and oxygen atoms in total. The maximum atomic E-state index is 14.0. The van der Waals surface area contributed by atoms with Gasteiger partial charge in [0.25, 0.3) is 11.8 Å². The van der Waals surface area contributed by atoms with Crippen LogP contribution in [0.3, 0.4) is 0 Å². The van der Waals surface area contributed by atoms with Crippen molar-refractivity contribution in [3.05, 3.63) is 70.3 Å². The number of benzene rings is 2. The first-order valence-electron chi connectivity index (χ1n) is 10.2. The summed E-state index contributed by atoms with van der Waals surface area (Å²) in [7, 11) is 0. The fraction of sp³-hybridized carbons (Fsp3) is 0.348. The summed E-state index contributed by atoms with van der Waals surface area (Å²) in [6.45, 7) is 4.26. The molecule has 2 saturated heterocycles. The van der Waals surface area contributed by atoms with Gasteiger partial charge in [0.05, 0.1) is 6.54 Å². The standard InChI is InChI=1S/C23H23F2N3O3/c1-14-6-7-15(2)16(12-14)13-28-21(30)23(26-22(28)31)8-10-27(11-9-23)20(29)19-17(24)4-3-5-18(19)25/h3-7,12H,8-11,13H2,1-2H3,(H,26,31). The van der Waals surface area contributed by atoms with E-state index in [1.807, 2.05) is 32.0 Å². The van der Waals surface area contributed by atoms with Gasteiger partial charge >= 0.3 is 6.03 Å². The Kier molecular flexibility index (Phi) is 5.24. The molecular weight excluding hydrogens is 404 g/mol. The van der Waals surface area contributed by atoms with Gasteiger partial charge in [-0.25, -0.2) is 13.6 Å². The molecule has 0 aliphatic carbocycles. The van der Waals surface area contributed by atoms with E-state index in [2.05, 4.69) is 5.32 Å². The van der Waals surface area contributed by atoms with E-state index < -0.39 is 34.7 Å². The first kappa shape index (κ1) is 21.0. The third kappa shape index (κ3) is 3.66. The van der Waals surface area contributed by atoms with Crippen molar-refractivity contribution in [1.82, 2.24) is 15.1 Å². The maximum absolute atomic E-state index is 14.0. The van der Waals surface area contributed by atoms with Crippen LogP contribution in [-0.2, 0) is 11.3 Å². The molecule has 162 valence electrons. The van der Waals surface area contributed by atoms with Crippen LogP contribution in [0.5, 0.6) is 0 Å². The Labute approximate surface area is 178 Å². The minimum Gasteiger partial charge on any atom is -0.338 e. The number of nitrogens with one attached hydrogen (secondary N) is 1. The number of aryl methyl sites for hydroxylation is 2. The van der Waals surface area contributed by atoms with E-state index in [1.165, 1.54) is 15.9 Å². The van der Waals surface area contributed by atoms with Crippen molar-refractivity contribution in [2.75, 3.05) is 13.1 Å². The lowest BCUT2D eigenvalue weighted by atomic mass is 9.87. The summed E-state index contributed by atoms with van der Waals surface area (Å²) in [4.78, 5) is 40.9. The predicted octanol–water partition coefficient (Wildman–Crippen LogP) is 3.31. The molecule has 1 N–H and O–H groups in total. The van der Waals surface area contributed by atoms with E-state index in [-0.39, 0.29) is 38.4 Å². The number of piperidine rings is 1. The van der Waals surface area contributed by atoms with Gasteiger partial charge in [-0.1, -0.05) is 29.8 Å². The summed E-state index contributed by atoms with van der Waals surface area (Å²) in [6, 6.07) is 8.67. The molecule has 0 aromatic heterocycles.